The number of hydrogen-bond donors (Lipinski definition) is 2. The fourth-order valence-corrected chi connectivity index (χ4v) is 3.08. The molecular weight excluding hydrogens is 284 g/mol. The molecule has 1 aliphatic heterocycles. The maximum atomic E-state index is 6.00. The molecule has 3 rings (SSSR count). The van der Waals surface area contributed by atoms with Crippen molar-refractivity contribution >= 4 is 17.3 Å². The van der Waals surface area contributed by atoms with Gasteiger partial charge in [0.2, 0.25) is 0 Å². The molecular formula is C15H18N4OS. The first-order valence-electron chi connectivity index (χ1n) is 6.92. The van der Waals surface area contributed by atoms with Gasteiger partial charge in [0.25, 0.3) is 0 Å². The molecule has 0 aliphatic carbocycles. The minimum absolute atomic E-state index is 0.155. The van der Waals surface area contributed by atoms with Crippen molar-refractivity contribution in [3.63, 3.8) is 0 Å². The quantitative estimate of drug-likeness (QED) is 0.674. The number of nitrogens with two attached hydrogens (primary N) is 1. The summed E-state index contributed by atoms with van der Waals surface area (Å²) in [6.45, 7) is 3.24. The van der Waals surface area contributed by atoms with Gasteiger partial charge in [-0.1, -0.05) is 18.2 Å². The zero-order chi connectivity index (χ0) is 14.7. The van der Waals surface area contributed by atoms with Crippen LogP contribution < -0.4 is 15.8 Å². The summed E-state index contributed by atoms with van der Waals surface area (Å²) in [7, 11) is 0. The highest BCUT2D eigenvalue weighted by molar-refractivity contribution is 7.11. The first-order valence-corrected chi connectivity index (χ1v) is 7.73. The van der Waals surface area contributed by atoms with Crippen molar-refractivity contribution in [3.8, 4) is 5.75 Å². The molecule has 0 fully saturated rings. The molecule has 0 radical (unpaired) electrons. The first-order chi connectivity index (χ1) is 10.2. The van der Waals surface area contributed by atoms with Gasteiger partial charge in [-0.05, 0) is 13.0 Å². The summed E-state index contributed by atoms with van der Waals surface area (Å²) in [5, 5.41) is 4.33. The van der Waals surface area contributed by atoms with Gasteiger partial charge in [0.1, 0.15) is 5.75 Å². The minimum atomic E-state index is 0.155. The van der Waals surface area contributed by atoms with Gasteiger partial charge in [0, 0.05) is 23.1 Å². The van der Waals surface area contributed by atoms with E-state index in [0.717, 1.165) is 27.6 Å². The molecule has 3 N–H and O–H groups in total. The summed E-state index contributed by atoms with van der Waals surface area (Å²) in [6.07, 6.45) is 2.73. The lowest BCUT2D eigenvalue weighted by Crippen LogP contribution is -2.37. The van der Waals surface area contributed by atoms with Crippen LogP contribution >= 0.6 is 11.3 Å². The molecule has 0 saturated carbocycles. The Morgan fingerprint density at radius 3 is 3.19 bits per heavy atom. The highest BCUT2D eigenvalue weighted by atomic mass is 32.1. The number of thiazole rings is 1. The highest BCUT2D eigenvalue weighted by Gasteiger charge is 2.21. The summed E-state index contributed by atoms with van der Waals surface area (Å²) < 4.78 is 5.64. The average Bonchev–Trinajstić information content (AvgIpc) is 2.91. The second-order valence-electron chi connectivity index (χ2n) is 4.92. The van der Waals surface area contributed by atoms with Gasteiger partial charge in [0.15, 0.2) is 5.96 Å². The summed E-state index contributed by atoms with van der Waals surface area (Å²) in [6, 6.07) is 8.19. The lowest BCUT2D eigenvalue weighted by atomic mass is 10.0. The maximum Gasteiger partial charge on any atom is 0.189 e. The number of rotatable bonds is 3. The van der Waals surface area contributed by atoms with Gasteiger partial charge in [-0.15, -0.1) is 11.3 Å². The lowest BCUT2D eigenvalue weighted by Gasteiger charge is -2.26. The largest absolute Gasteiger partial charge is 0.493 e. The van der Waals surface area contributed by atoms with Crippen LogP contribution in [-0.2, 0) is 6.54 Å². The van der Waals surface area contributed by atoms with Crippen LogP contribution in [0.4, 0.5) is 0 Å². The van der Waals surface area contributed by atoms with E-state index in [4.69, 9.17) is 10.5 Å². The molecule has 5 nitrogen and oxygen atoms in total. The number of nitrogens with zero attached hydrogens (tertiary/aromatic N) is 2. The number of fused-ring (bicyclic) bond motifs is 1. The van der Waals surface area contributed by atoms with Crippen molar-refractivity contribution in [2.24, 2.45) is 10.7 Å². The van der Waals surface area contributed by atoms with E-state index in [9.17, 15) is 0 Å². The van der Waals surface area contributed by atoms with Crippen LogP contribution in [0.15, 0.2) is 35.5 Å². The minimum Gasteiger partial charge on any atom is -0.493 e. The Labute approximate surface area is 127 Å². The number of para-hydroxylation sites is 1. The van der Waals surface area contributed by atoms with E-state index in [1.807, 2.05) is 31.3 Å². The van der Waals surface area contributed by atoms with Crippen molar-refractivity contribution in [3.05, 3.63) is 45.9 Å². The van der Waals surface area contributed by atoms with E-state index in [0.29, 0.717) is 19.1 Å². The predicted octanol–water partition coefficient (Wildman–Crippen LogP) is 2.38. The van der Waals surface area contributed by atoms with Crippen molar-refractivity contribution in [2.45, 2.75) is 25.9 Å². The molecule has 110 valence electrons. The normalized spacial score (nSPS) is 18.0. The van der Waals surface area contributed by atoms with E-state index in [2.05, 4.69) is 21.4 Å². The number of aryl methyl sites for hydroxylation is 1. The van der Waals surface area contributed by atoms with Crippen LogP contribution in [0.2, 0.25) is 0 Å². The average molecular weight is 302 g/mol. The number of benzene rings is 1. The summed E-state index contributed by atoms with van der Waals surface area (Å²) in [4.78, 5) is 9.71. The Morgan fingerprint density at radius 1 is 1.52 bits per heavy atom. The van der Waals surface area contributed by atoms with Crippen molar-refractivity contribution in [2.75, 3.05) is 6.61 Å². The molecule has 2 heterocycles. The van der Waals surface area contributed by atoms with Crippen molar-refractivity contribution in [1.29, 1.82) is 0 Å². The summed E-state index contributed by atoms with van der Waals surface area (Å²) in [5.41, 5.74) is 7.13. The molecule has 0 spiro atoms. The molecule has 6 heteroatoms. The van der Waals surface area contributed by atoms with E-state index in [-0.39, 0.29) is 6.04 Å². The van der Waals surface area contributed by atoms with Crippen LogP contribution in [0, 0.1) is 6.92 Å². The van der Waals surface area contributed by atoms with Crippen LogP contribution in [0.3, 0.4) is 0 Å². The highest BCUT2D eigenvalue weighted by Crippen LogP contribution is 2.31. The number of guanidine groups is 1. The molecule has 0 amide bonds. The van der Waals surface area contributed by atoms with Crippen molar-refractivity contribution < 1.29 is 4.74 Å². The summed E-state index contributed by atoms with van der Waals surface area (Å²) >= 11 is 1.64. The van der Waals surface area contributed by atoms with Gasteiger partial charge in [-0.3, -0.25) is 0 Å². The van der Waals surface area contributed by atoms with Crippen molar-refractivity contribution in [1.82, 2.24) is 10.3 Å². The molecule has 1 aromatic heterocycles. The second-order valence-corrected chi connectivity index (χ2v) is 6.24. The fourth-order valence-electron chi connectivity index (χ4n) is 2.36. The Morgan fingerprint density at radius 2 is 2.38 bits per heavy atom. The van der Waals surface area contributed by atoms with Crippen LogP contribution in [0.1, 0.15) is 27.9 Å². The van der Waals surface area contributed by atoms with Gasteiger partial charge in [-0.25, -0.2) is 9.98 Å². The SMILES string of the molecule is Cc1ncc(CN=C(N)NC2CCOc3ccccc32)s1. The third-order valence-corrected chi connectivity index (χ3v) is 4.25. The molecule has 1 atom stereocenters. The van der Waals surface area contributed by atoms with Crippen LogP contribution in [-0.4, -0.2) is 17.6 Å². The smallest absolute Gasteiger partial charge is 0.189 e. The number of aromatic nitrogens is 1. The Balaban J connectivity index is 1.66. The molecule has 1 aromatic carbocycles. The third kappa shape index (κ3) is 3.33. The number of ether oxygens (including phenoxy) is 1. The number of aliphatic imine (C=N–C) groups is 1. The Kier molecular flexibility index (Phi) is 4.06. The number of nitrogens with one attached hydrogen (secondary N) is 1. The second kappa shape index (κ2) is 6.13. The van der Waals surface area contributed by atoms with Gasteiger partial charge < -0.3 is 15.8 Å². The Hall–Kier alpha value is -2.08. The topological polar surface area (TPSA) is 72.5 Å². The van der Waals surface area contributed by atoms with E-state index in [1.165, 1.54) is 0 Å². The molecule has 1 aliphatic rings. The Bertz CT molecular complexity index is 653. The first kappa shape index (κ1) is 13.9. The van der Waals surface area contributed by atoms with Crippen LogP contribution in [0.25, 0.3) is 0 Å². The van der Waals surface area contributed by atoms with Gasteiger partial charge >= 0.3 is 0 Å². The zero-order valence-corrected chi connectivity index (χ0v) is 12.7. The monoisotopic (exact) mass is 302 g/mol. The van der Waals surface area contributed by atoms with Crippen LogP contribution in [0.5, 0.6) is 5.75 Å². The predicted molar refractivity (Wildman–Crippen MR) is 84.6 cm³/mol. The lowest BCUT2D eigenvalue weighted by molar-refractivity contribution is 0.262. The molecule has 0 bridgehead atoms. The van der Waals surface area contributed by atoms with Gasteiger partial charge in [-0.2, -0.15) is 0 Å². The third-order valence-electron chi connectivity index (χ3n) is 3.36. The van der Waals surface area contributed by atoms with E-state index in [1.54, 1.807) is 11.3 Å². The molecule has 21 heavy (non-hydrogen) atoms. The standard InChI is InChI=1S/C15H18N4OS/c1-10-17-8-11(21-10)9-18-15(16)19-13-6-7-20-14-5-3-2-4-12(13)14/h2-5,8,13H,6-7,9H2,1H3,(H3,16,18,19). The summed E-state index contributed by atoms with van der Waals surface area (Å²) in [5.74, 6) is 1.38. The zero-order valence-electron chi connectivity index (χ0n) is 11.9. The van der Waals surface area contributed by atoms with E-state index >= 15 is 0 Å². The fraction of sp³-hybridized carbons (Fsp3) is 0.333. The molecule has 1 unspecified atom stereocenters. The van der Waals surface area contributed by atoms with Gasteiger partial charge in [0.05, 0.1) is 24.2 Å². The number of hydrogen-bond acceptors (Lipinski definition) is 4. The molecule has 2 aromatic rings. The maximum absolute atomic E-state index is 6.00. The molecule has 0 saturated heterocycles. The van der Waals surface area contributed by atoms with E-state index < -0.39 is 0 Å².